The second kappa shape index (κ2) is 9.76. The van der Waals surface area contributed by atoms with Crippen LogP contribution in [0.5, 0.6) is 0 Å². The van der Waals surface area contributed by atoms with Crippen molar-refractivity contribution in [3.63, 3.8) is 0 Å². The summed E-state index contributed by atoms with van der Waals surface area (Å²) in [6.07, 6.45) is 5.91. The Balaban J connectivity index is 0.00000253. The Kier molecular flexibility index (Phi) is 6.71. The summed E-state index contributed by atoms with van der Waals surface area (Å²) in [6.45, 7) is 2.78. The number of pyridine rings is 1. The number of thiophene rings is 1. The number of nitriles is 1. The van der Waals surface area contributed by atoms with Gasteiger partial charge in [-0.1, -0.05) is 22.0 Å². The predicted molar refractivity (Wildman–Crippen MR) is 142 cm³/mol. The normalized spacial score (nSPS) is 14.0. The number of fused-ring (bicyclic) bond motifs is 6. The van der Waals surface area contributed by atoms with Crippen molar-refractivity contribution in [2.75, 3.05) is 16.5 Å². The molecule has 0 unspecified atom stereocenters. The second-order valence-electron chi connectivity index (χ2n) is 8.78. The zero-order valence-electron chi connectivity index (χ0n) is 19.1. The first-order valence-electron chi connectivity index (χ1n) is 11.2. The highest BCUT2D eigenvalue weighted by Crippen LogP contribution is 2.41. The van der Waals surface area contributed by atoms with Crippen LogP contribution in [0.2, 0.25) is 0 Å². The third kappa shape index (κ3) is 4.63. The Morgan fingerprint density at radius 2 is 1.66 bits per heavy atom. The Morgan fingerprint density at radius 3 is 2.37 bits per heavy atom. The highest BCUT2D eigenvalue weighted by Gasteiger charge is 2.29. The summed E-state index contributed by atoms with van der Waals surface area (Å²) < 4.78 is 3.10. The third-order valence-corrected chi connectivity index (χ3v) is 8.05. The highest BCUT2D eigenvalue weighted by molar-refractivity contribution is 9.10. The Bertz CT molecular complexity index is 1490. The maximum atomic E-state index is 9.70. The van der Waals surface area contributed by atoms with Crippen molar-refractivity contribution in [3.8, 4) is 16.5 Å². The van der Waals surface area contributed by atoms with E-state index in [2.05, 4.69) is 80.3 Å². The summed E-state index contributed by atoms with van der Waals surface area (Å²) in [5.41, 5.74) is 8.23. The van der Waals surface area contributed by atoms with Crippen LogP contribution >= 0.6 is 27.3 Å². The van der Waals surface area contributed by atoms with E-state index in [0.717, 1.165) is 34.7 Å². The number of hydrogen-bond acceptors (Lipinski definition) is 4. The predicted octanol–water partition coefficient (Wildman–Crippen LogP) is 3.37. The van der Waals surface area contributed by atoms with Crippen LogP contribution in [0.4, 0.5) is 11.4 Å². The lowest BCUT2D eigenvalue weighted by Gasteiger charge is -2.45. The molecule has 0 N–H and O–H groups in total. The lowest BCUT2D eigenvalue weighted by atomic mass is 9.99. The van der Waals surface area contributed by atoms with E-state index in [4.69, 9.17) is 0 Å². The number of hydrogen-bond donors (Lipinski definition) is 0. The molecule has 35 heavy (non-hydrogen) atoms. The van der Waals surface area contributed by atoms with Crippen LogP contribution < -0.4 is 38.3 Å². The second-order valence-corrected chi connectivity index (χ2v) is 10.8. The van der Waals surface area contributed by atoms with E-state index < -0.39 is 0 Å². The zero-order chi connectivity index (χ0) is 23.2. The molecule has 0 saturated heterocycles. The van der Waals surface area contributed by atoms with Crippen molar-refractivity contribution in [1.82, 2.24) is 0 Å². The van der Waals surface area contributed by atoms with Gasteiger partial charge in [0, 0.05) is 56.4 Å². The van der Waals surface area contributed by atoms with Gasteiger partial charge in [-0.15, -0.1) is 11.3 Å². The number of anilines is 2. The van der Waals surface area contributed by atoms with Gasteiger partial charge < -0.3 is 33.8 Å². The molecule has 0 saturated carbocycles. The Hall–Kier alpha value is -2.67. The standard InChI is InChI=1S/C28H22BrN4S.HI/c1-31-10-8-19(9-11-31)21(15-30)14-25-4-7-28(34-25)20-2-5-26-22(12-20)16-32-18-33(26)17-23-13-24(29)3-6-27(23)32;/h2-14H,16-18H2,1H3;1H/q+1;/p-1. The van der Waals surface area contributed by atoms with Gasteiger partial charge in [0.1, 0.15) is 7.05 Å². The van der Waals surface area contributed by atoms with E-state index in [0.29, 0.717) is 5.57 Å². The monoisotopic (exact) mass is 652 g/mol. The van der Waals surface area contributed by atoms with E-state index in [1.807, 2.05) is 42.2 Å². The number of aryl methyl sites for hydroxylation is 1. The van der Waals surface area contributed by atoms with E-state index >= 15 is 0 Å². The van der Waals surface area contributed by atoms with E-state index in [1.54, 1.807) is 11.3 Å². The van der Waals surface area contributed by atoms with E-state index in [-0.39, 0.29) is 24.0 Å². The van der Waals surface area contributed by atoms with Crippen LogP contribution in [-0.2, 0) is 20.1 Å². The fraction of sp³-hybridized carbons (Fsp3) is 0.143. The van der Waals surface area contributed by atoms with Gasteiger partial charge in [-0.2, -0.15) is 5.26 Å². The molecule has 2 bridgehead atoms. The fourth-order valence-electron chi connectivity index (χ4n) is 4.79. The van der Waals surface area contributed by atoms with Gasteiger partial charge in [0.25, 0.3) is 0 Å². The molecule has 2 aliphatic rings. The maximum Gasteiger partial charge on any atom is 0.169 e. The summed E-state index contributed by atoms with van der Waals surface area (Å²) in [5, 5.41) is 9.70. The lowest BCUT2D eigenvalue weighted by Crippen LogP contribution is -3.00. The molecule has 0 aliphatic carbocycles. The zero-order valence-corrected chi connectivity index (χ0v) is 23.6. The summed E-state index contributed by atoms with van der Waals surface area (Å²) in [7, 11) is 1.97. The third-order valence-electron chi connectivity index (χ3n) is 6.47. The number of nitrogens with zero attached hydrogens (tertiary/aromatic N) is 4. The van der Waals surface area contributed by atoms with Gasteiger partial charge in [0.15, 0.2) is 12.4 Å². The van der Waals surface area contributed by atoms with E-state index in [1.165, 1.54) is 32.9 Å². The van der Waals surface area contributed by atoms with Crippen molar-refractivity contribution in [2.45, 2.75) is 13.1 Å². The van der Waals surface area contributed by atoms with Crippen LogP contribution in [0.3, 0.4) is 0 Å². The molecule has 6 rings (SSSR count). The van der Waals surface area contributed by atoms with Crippen molar-refractivity contribution >= 4 is 50.3 Å². The molecule has 0 atom stereocenters. The Labute approximate surface area is 234 Å². The molecule has 2 aromatic carbocycles. The van der Waals surface area contributed by atoms with Gasteiger partial charge in [0.2, 0.25) is 0 Å². The summed E-state index contributed by atoms with van der Waals surface area (Å²) in [6, 6.07) is 24.0. The molecule has 0 amide bonds. The maximum absolute atomic E-state index is 9.70. The average molecular weight is 653 g/mol. The highest BCUT2D eigenvalue weighted by atomic mass is 127. The van der Waals surface area contributed by atoms with Crippen molar-refractivity contribution in [3.05, 3.63) is 99.1 Å². The van der Waals surface area contributed by atoms with Crippen LogP contribution in [0.15, 0.2) is 77.5 Å². The van der Waals surface area contributed by atoms with Gasteiger partial charge in [-0.05, 0) is 65.2 Å². The van der Waals surface area contributed by atoms with Gasteiger partial charge in [-0.25, -0.2) is 4.57 Å². The molecular weight excluding hydrogens is 631 g/mol. The number of halogens is 2. The minimum absolute atomic E-state index is 0. The SMILES string of the molecule is C[n+]1ccc(/C(C#N)=C/c2ccc(-c3ccc4c(c3)CN3CN4Cc4cc(Br)ccc43)s2)cc1.[I-]. The number of rotatable bonds is 3. The van der Waals surface area contributed by atoms with Gasteiger partial charge >= 0.3 is 0 Å². The van der Waals surface area contributed by atoms with Crippen molar-refractivity contribution in [1.29, 1.82) is 5.26 Å². The quantitative estimate of drug-likeness (QED) is 0.194. The smallest absolute Gasteiger partial charge is 0.169 e. The minimum atomic E-state index is 0. The molecule has 2 aromatic heterocycles. The van der Waals surface area contributed by atoms with Crippen molar-refractivity contribution in [2.24, 2.45) is 7.05 Å². The largest absolute Gasteiger partial charge is 1.00 e. The molecule has 0 fully saturated rings. The molecular formula is C28H22BrIN4S. The average Bonchev–Trinajstić information content (AvgIpc) is 3.31. The molecule has 4 heterocycles. The first-order valence-corrected chi connectivity index (χ1v) is 12.8. The molecule has 0 spiro atoms. The van der Waals surface area contributed by atoms with E-state index in [9.17, 15) is 5.26 Å². The van der Waals surface area contributed by atoms with Gasteiger partial charge in [0.05, 0.1) is 18.3 Å². The molecule has 4 aromatic rings. The molecule has 0 radical (unpaired) electrons. The molecule has 2 aliphatic heterocycles. The van der Waals surface area contributed by atoms with Crippen LogP contribution in [0.25, 0.3) is 22.1 Å². The molecule has 174 valence electrons. The lowest BCUT2D eigenvalue weighted by molar-refractivity contribution is -0.671. The van der Waals surface area contributed by atoms with Crippen LogP contribution in [0.1, 0.15) is 21.6 Å². The number of benzene rings is 2. The Morgan fingerprint density at radius 1 is 0.971 bits per heavy atom. The topological polar surface area (TPSA) is 34.1 Å². The first-order chi connectivity index (χ1) is 16.6. The fourth-order valence-corrected chi connectivity index (χ4v) is 6.15. The first kappa shape index (κ1) is 24.0. The minimum Gasteiger partial charge on any atom is -1.00 e. The number of aromatic nitrogens is 1. The molecule has 4 nitrogen and oxygen atoms in total. The summed E-state index contributed by atoms with van der Waals surface area (Å²) in [5.74, 6) is 0. The molecule has 7 heteroatoms. The number of allylic oxidation sites excluding steroid dienone is 1. The van der Waals surface area contributed by atoms with Crippen molar-refractivity contribution < 1.29 is 28.5 Å². The van der Waals surface area contributed by atoms with Crippen LogP contribution in [0, 0.1) is 11.3 Å². The van der Waals surface area contributed by atoms with Gasteiger partial charge in [-0.3, -0.25) is 0 Å². The summed E-state index contributed by atoms with van der Waals surface area (Å²) >= 11 is 5.34. The van der Waals surface area contributed by atoms with Crippen LogP contribution in [-0.4, -0.2) is 6.67 Å². The summed E-state index contributed by atoms with van der Waals surface area (Å²) in [4.78, 5) is 7.22.